The first-order valence-electron chi connectivity index (χ1n) is 4.33. The lowest BCUT2D eigenvalue weighted by atomic mass is 10.0. The second-order valence-corrected chi connectivity index (χ2v) is 4.32. The van der Waals surface area contributed by atoms with E-state index in [0.717, 1.165) is 0 Å². The molecule has 0 aromatic heterocycles. The van der Waals surface area contributed by atoms with Gasteiger partial charge >= 0.3 is 6.18 Å². The van der Waals surface area contributed by atoms with Gasteiger partial charge in [-0.25, -0.2) is 0 Å². The molecule has 0 saturated carbocycles. The second kappa shape index (κ2) is 3.62. The van der Waals surface area contributed by atoms with Crippen LogP contribution in [0.1, 0.15) is 15.9 Å². The first kappa shape index (κ1) is 11.2. The van der Waals surface area contributed by atoms with E-state index >= 15 is 0 Å². The molecule has 1 aliphatic rings. The number of carbonyl (C=O) groups is 2. The molecule has 0 amide bonds. The zero-order chi connectivity index (χ0) is 11.9. The quantitative estimate of drug-likeness (QED) is 0.714. The van der Waals surface area contributed by atoms with Crippen LogP contribution >= 0.6 is 11.8 Å². The van der Waals surface area contributed by atoms with Crippen molar-refractivity contribution in [1.82, 2.24) is 0 Å². The van der Waals surface area contributed by atoms with Crippen LogP contribution in [-0.2, 0) is 11.2 Å². The van der Waals surface area contributed by atoms with E-state index in [1.54, 1.807) is 0 Å². The van der Waals surface area contributed by atoms with Crippen molar-refractivity contribution in [1.29, 1.82) is 0 Å². The lowest BCUT2D eigenvalue weighted by Gasteiger charge is -2.08. The lowest BCUT2D eigenvalue weighted by Crippen LogP contribution is -2.15. The van der Waals surface area contributed by atoms with Gasteiger partial charge in [-0.1, -0.05) is 12.1 Å². The molecule has 0 spiro atoms. The molecule has 0 unspecified atom stereocenters. The third kappa shape index (κ3) is 1.97. The normalized spacial score (nSPS) is 15.4. The SMILES string of the molecule is O=C1Sc2cccc(CC(F)(F)F)c2C1=O. The molecule has 1 aromatic carbocycles. The minimum atomic E-state index is -4.38. The summed E-state index contributed by atoms with van der Waals surface area (Å²) in [5.41, 5.74) is -0.219. The molecule has 0 saturated heterocycles. The summed E-state index contributed by atoms with van der Waals surface area (Å²) in [4.78, 5) is 22.8. The summed E-state index contributed by atoms with van der Waals surface area (Å²) < 4.78 is 36.7. The molecule has 0 bridgehead atoms. The molecule has 0 aliphatic carbocycles. The van der Waals surface area contributed by atoms with Gasteiger partial charge in [0.05, 0.1) is 6.42 Å². The zero-order valence-electron chi connectivity index (χ0n) is 7.80. The van der Waals surface area contributed by atoms with Crippen LogP contribution in [0.4, 0.5) is 13.2 Å². The van der Waals surface area contributed by atoms with E-state index in [0.29, 0.717) is 16.7 Å². The lowest BCUT2D eigenvalue weighted by molar-refractivity contribution is -0.127. The molecule has 0 N–H and O–H groups in total. The van der Waals surface area contributed by atoms with Gasteiger partial charge in [0.25, 0.3) is 5.12 Å². The molecule has 2 nitrogen and oxygen atoms in total. The Balaban J connectivity index is 2.47. The summed E-state index contributed by atoms with van der Waals surface area (Å²) in [6.45, 7) is 0. The number of alkyl halides is 3. The number of thioether (sulfide) groups is 1. The average Bonchev–Trinajstić information content (AvgIpc) is 2.41. The van der Waals surface area contributed by atoms with E-state index < -0.39 is 23.5 Å². The van der Waals surface area contributed by atoms with Gasteiger partial charge in [0.2, 0.25) is 5.78 Å². The number of carbonyl (C=O) groups excluding carboxylic acids is 2. The molecule has 2 rings (SSSR count). The Bertz CT molecular complexity index is 479. The van der Waals surface area contributed by atoms with Crippen LogP contribution in [0, 0.1) is 0 Å². The van der Waals surface area contributed by atoms with Crippen molar-refractivity contribution in [3.8, 4) is 0 Å². The van der Waals surface area contributed by atoms with Crippen LogP contribution in [0.3, 0.4) is 0 Å². The molecule has 0 radical (unpaired) electrons. The summed E-state index contributed by atoms with van der Waals surface area (Å²) in [6, 6.07) is 4.12. The molecule has 0 atom stereocenters. The molecule has 0 fully saturated rings. The van der Waals surface area contributed by atoms with Crippen LogP contribution in [0.15, 0.2) is 23.1 Å². The number of halogens is 3. The van der Waals surface area contributed by atoms with Gasteiger partial charge in [-0.15, -0.1) is 0 Å². The van der Waals surface area contributed by atoms with Crippen LogP contribution in [-0.4, -0.2) is 17.1 Å². The number of rotatable bonds is 1. The summed E-state index contributed by atoms with van der Waals surface area (Å²) in [6.07, 6.45) is -5.57. The number of ketones is 1. The minimum Gasteiger partial charge on any atom is -0.284 e. The van der Waals surface area contributed by atoms with E-state index in [1.807, 2.05) is 0 Å². The van der Waals surface area contributed by atoms with E-state index in [2.05, 4.69) is 0 Å². The fourth-order valence-corrected chi connectivity index (χ4v) is 2.40. The third-order valence-electron chi connectivity index (χ3n) is 2.12. The fourth-order valence-electron chi connectivity index (χ4n) is 1.53. The van der Waals surface area contributed by atoms with Gasteiger partial charge in [-0.2, -0.15) is 13.2 Å². The van der Waals surface area contributed by atoms with E-state index in [9.17, 15) is 22.8 Å². The highest BCUT2D eigenvalue weighted by Gasteiger charge is 2.36. The smallest absolute Gasteiger partial charge is 0.284 e. The maximum atomic E-state index is 12.2. The zero-order valence-corrected chi connectivity index (χ0v) is 8.61. The average molecular weight is 246 g/mol. The summed E-state index contributed by atoms with van der Waals surface area (Å²) in [5, 5.41) is -0.718. The summed E-state index contributed by atoms with van der Waals surface area (Å²) in [7, 11) is 0. The Morgan fingerprint density at radius 2 is 1.88 bits per heavy atom. The Kier molecular flexibility index (Phi) is 2.53. The van der Waals surface area contributed by atoms with Crippen LogP contribution in [0.5, 0.6) is 0 Å². The van der Waals surface area contributed by atoms with Crippen LogP contribution in [0.2, 0.25) is 0 Å². The molecule has 6 heteroatoms. The number of hydrogen-bond acceptors (Lipinski definition) is 3. The predicted molar refractivity (Wildman–Crippen MR) is 51.4 cm³/mol. The van der Waals surface area contributed by atoms with Crippen molar-refractivity contribution >= 4 is 22.7 Å². The van der Waals surface area contributed by atoms with Crippen molar-refractivity contribution in [2.75, 3.05) is 0 Å². The number of benzene rings is 1. The summed E-state index contributed by atoms with van der Waals surface area (Å²) in [5.74, 6) is -0.833. The van der Waals surface area contributed by atoms with Crippen molar-refractivity contribution in [3.05, 3.63) is 29.3 Å². The van der Waals surface area contributed by atoms with E-state index in [-0.39, 0.29) is 11.1 Å². The van der Waals surface area contributed by atoms with Gasteiger partial charge in [0.15, 0.2) is 0 Å². The Hall–Kier alpha value is -1.30. The minimum absolute atomic E-state index is 0.0881. The van der Waals surface area contributed by atoms with Gasteiger partial charge in [-0.3, -0.25) is 9.59 Å². The molecule has 16 heavy (non-hydrogen) atoms. The van der Waals surface area contributed by atoms with E-state index in [1.165, 1.54) is 18.2 Å². The Labute approximate surface area is 92.8 Å². The van der Waals surface area contributed by atoms with E-state index in [4.69, 9.17) is 0 Å². The number of hydrogen-bond donors (Lipinski definition) is 0. The van der Waals surface area contributed by atoms with Crippen molar-refractivity contribution in [2.24, 2.45) is 0 Å². The maximum absolute atomic E-state index is 12.2. The number of fused-ring (bicyclic) bond motifs is 1. The molecular formula is C10H5F3O2S. The second-order valence-electron chi connectivity index (χ2n) is 3.30. The molecule has 1 heterocycles. The van der Waals surface area contributed by atoms with Gasteiger partial charge in [0.1, 0.15) is 0 Å². The van der Waals surface area contributed by atoms with Gasteiger partial charge < -0.3 is 0 Å². The van der Waals surface area contributed by atoms with Crippen molar-refractivity contribution in [3.63, 3.8) is 0 Å². The molecular weight excluding hydrogens is 241 g/mol. The van der Waals surface area contributed by atoms with Crippen LogP contribution in [0.25, 0.3) is 0 Å². The topological polar surface area (TPSA) is 34.1 Å². The van der Waals surface area contributed by atoms with Crippen molar-refractivity contribution < 1.29 is 22.8 Å². The van der Waals surface area contributed by atoms with Crippen LogP contribution < -0.4 is 0 Å². The van der Waals surface area contributed by atoms with Crippen molar-refractivity contribution in [2.45, 2.75) is 17.5 Å². The standard InChI is InChI=1S/C10H5F3O2S/c11-10(12,13)4-5-2-1-3-6-7(5)8(14)9(15)16-6/h1-3H,4H2. The first-order valence-corrected chi connectivity index (χ1v) is 5.15. The molecule has 1 aliphatic heterocycles. The van der Waals surface area contributed by atoms with Gasteiger partial charge in [-0.05, 0) is 23.4 Å². The maximum Gasteiger partial charge on any atom is 0.393 e. The molecule has 84 valence electrons. The number of Topliss-reactive ketones (excluding diaryl/α,β-unsaturated/α-hetero) is 1. The first-order chi connectivity index (χ1) is 7.38. The third-order valence-corrected chi connectivity index (χ3v) is 3.05. The largest absolute Gasteiger partial charge is 0.393 e. The summed E-state index contributed by atoms with van der Waals surface area (Å²) >= 11 is 0.684. The predicted octanol–water partition coefficient (Wildman–Crippen LogP) is 2.61. The molecule has 1 aromatic rings. The Morgan fingerprint density at radius 1 is 1.19 bits per heavy atom. The Morgan fingerprint density at radius 3 is 2.50 bits per heavy atom. The monoisotopic (exact) mass is 246 g/mol. The van der Waals surface area contributed by atoms with Gasteiger partial charge in [0, 0.05) is 10.5 Å². The highest BCUT2D eigenvalue weighted by atomic mass is 32.2. The highest BCUT2D eigenvalue weighted by molar-refractivity contribution is 8.16. The highest BCUT2D eigenvalue weighted by Crippen LogP contribution is 2.36. The fraction of sp³-hybridized carbons (Fsp3) is 0.200.